The predicted octanol–water partition coefficient (Wildman–Crippen LogP) is 3.68. The molecule has 0 amide bonds. The third-order valence-corrected chi connectivity index (χ3v) is 3.85. The number of anilines is 1. The highest BCUT2D eigenvalue weighted by Gasteiger charge is 2.15. The molecular formula is C16H21N3. The zero-order valence-corrected chi connectivity index (χ0v) is 11.3. The van der Waals surface area contributed by atoms with Crippen molar-refractivity contribution < 1.29 is 0 Å². The number of rotatable bonds is 4. The lowest BCUT2D eigenvalue weighted by Gasteiger charge is -2.23. The van der Waals surface area contributed by atoms with Gasteiger partial charge in [0.1, 0.15) is 0 Å². The smallest absolute Gasteiger partial charge is 0.203 e. The summed E-state index contributed by atoms with van der Waals surface area (Å²) in [6.07, 6.45) is 10.6. The Hall–Kier alpha value is -1.77. The van der Waals surface area contributed by atoms with E-state index in [1.54, 1.807) is 0 Å². The zero-order valence-electron chi connectivity index (χ0n) is 11.3. The molecule has 1 aromatic carbocycles. The molecule has 0 spiro atoms. The molecule has 1 heterocycles. The van der Waals surface area contributed by atoms with Crippen LogP contribution < -0.4 is 5.32 Å². The van der Waals surface area contributed by atoms with Crippen molar-refractivity contribution in [2.45, 2.75) is 44.7 Å². The van der Waals surface area contributed by atoms with Gasteiger partial charge < -0.3 is 9.88 Å². The highest BCUT2D eigenvalue weighted by molar-refractivity contribution is 5.29. The van der Waals surface area contributed by atoms with Gasteiger partial charge in [0.15, 0.2) is 0 Å². The number of hydrogen-bond donors (Lipinski definition) is 1. The molecule has 3 heteroatoms. The van der Waals surface area contributed by atoms with Crippen LogP contribution in [0, 0.1) is 0 Å². The van der Waals surface area contributed by atoms with Gasteiger partial charge in [-0.3, -0.25) is 0 Å². The van der Waals surface area contributed by atoms with Gasteiger partial charge in [-0.1, -0.05) is 49.6 Å². The molecule has 0 saturated heterocycles. The SMILES string of the molecule is c1ccc(Cn2ccnc2NC2CCCCC2)cc1. The molecule has 1 N–H and O–H groups in total. The average Bonchev–Trinajstić information content (AvgIpc) is 2.88. The minimum absolute atomic E-state index is 0.602. The van der Waals surface area contributed by atoms with E-state index >= 15 is 0 Å². The average molecular weight is 255 g/mol. The maximum Gasteiger partial charge on any atom is 0.203 e. The predicted molar refractivity (Wildman–Crippen MR) is 78.3 cm³/mol. The van der Waals surface area contributed by atoms with Crippen molar-refractivity contribution in [3.63, 3.8) is 0 Å². The fourth-order valence-corrected chi connectivity index (χ4v) is 2.79. The molecule has 0 aliphatic heterocycles. The van der Waals surface area contributed by atoms with Crippen molar-refractivity contribution in [2.75, 3.05) is 5.32 Å². The van der Waals surface area contributed by atoms with Crippen LogP contribution in [0.4, 0.5) is 5.95 Å². The van der Waals surface area contributed by atoms with Gasteiger partial charge in [-0.2, -0.15) is 0 Å². The number of hydrogen-bond acceptors (Lipinski definition) is 2. The van der Waals surface area contributed by atoms with E-state index in [0.717, 1.165) is 12.5 Å². The molecule has 0 radical (unpaired) electrons. The highest BCUT2D eigenvalue weighted by atomic mass is 15.2. The van der Waals surface area contributed by atoms with Crippen molar-refractivity contribution in [1.82, 2.24) is 9.55 Å². The van der Waals surface area contributed by atoms with Gasteiger partial charge in [0.2, 0.25) is 5.95 Å². The number of nitrogens with zero attached hydrogens (tertiary/aromatic N) is 2. The molecule has 1 fully saturated rings. The van der Waals surface area contributed by atoms with Gasteiger partial charge in [-0.25, -0.2) is 4.98 Å². The first-order chi connectivity index (χ1) is 9.42. The topological polar surface area (TPSA) is 29.9 Å². The molecule has 0 atom stereocenters. The molecule has 3 rings (SSSR count). The Kier molecular flexibility index (Phi) is 3.82. The number of aromatic nitrogens is 2. The minimum atomic E-state index is 0.602. The van der Waals surface area contributed by atoms with Gasteiger partial charge in [0.05, 0.1) is 6.54 Å². The molecule has 0 unspecified atom stereocenters. The summed E-state index contributed by atoms with van der Waals surface area (Å²) in [4.78, 5) is 4.46. The summed E-state index contributed by atoms with van der Waals surface area (Å²) in [6.45, 7) is 0.885. The first kappa shape index (κ1) is 12.3. The van der Waals surface area contributed by atoms with E-state index in [1.807, 2.05) is 6.20 Å². The lowest BCUT2D eigenvalue weighted by Crippen LogP contribution is -2.24. The van der Waals surface area contributed by atoms with Crippen LogP contribution >= 0.6 is 0 Å². The number of imidazole rings is 1. The first-order valence-electron chi connectivity index (χ1n) is 7.23. The Morgan fingerprint density at radius 3 is 2.68 bits per heavy atom. The maximum atomic E-state index is 4.46. The molecule has 1 aliphatic carbocycles. The summed E-state index contributed by atoms with van der Waals surface area (Å²) in [5.74, 6) is 1.01. The molecule has 1 aliphatic rings. The van der Waals surface area contributed by atoms with E-state index in [0.29, 0.717) is 6.04 Å². The molecule has 1 aromatic heterocycles. The Labute approximate surface area is 114 Å². The molecule has 0 bridgehead atoms. The second-order valence-corrected chi connectivity index (χ2v) is 5.34. The largest absolute Gasteiger partial charge is 0.353 e. The normalized spacial score (nSPS) is 16.4. The summed E-state index contributed by atoms with van der Waals surface area (Å²) in [5.41, 5.74) is 1.31. The molecule has 100 valence electrons. The Morgan fingerprint density at radius 1 is 1.11 bits per heavy atom. The van der Waals surface area contributed by atoms with E-state index < -0.39 is 0 Å². The van der Waals surface area contributed by atoms with Crippen LogP contribution in [0.5, 0.6) is 0 Å². The Bertz CT molecular complexity index is 498. The zero-order chi connectivity index (χ0) is 12.9. The molecule has 2 aromatic rings. The standard InChI is InChI=1S/C16H21N3/c1-3-7-14(8-4-1)13-19-12-11-17-16(19)18-15-9-5-2-6-10-15/h1,3-4,7-8,11-12,15H,2,5-6,9-10,13H2,(H,17,18). The number of nitrogens with one attached hydrogen (secondary N) is 1. The lowest BCUT2D eigenvalue weighted by molar-refractivity contribution is 0.459. The molecule has 3 nitrogen and oxygen atoms in total. The van der Waals surface area contributed by atoms with Crippen LogP contribution in [0.1, 0.15) is 37.7 Å². The Morgan fingerprint density at radius 2 is 1.89 bits per heavy atom. The monoisotopic (exact) mass is 255 g/mol. The second kappa shape index (κ2) is 5.91. The van der Waals surface area contributed by atoms with Crippen LogP contribution in [0.25, 0.3) is 0 Å². The first-order valence-corrected chi connectivity index (χ1v) is 7.23. The second-order valence-electron chi connectivity index (χ2n) is 5.34. The van der Waals surface area contributed by atoms with Crippen LogP contribution in [0.15, 0.2) is 42.7 Å². The van der Waals surface area contributed by atoms with E-state index in [1.165, 1.54) is 37.7 Å². The summed E-state index contributed by atoms with van der Waals surface area (Å²) < 4.78 is 2.20. The van der Waals surface area contributed by atoms with Crippen molar-refractivity contribution >= 4 is 5.95 Å². The van der Waals surface area contributed by atoms with Gasteiger partial charge in [-0.05, 0) is 18.4 Å². The van der Waals surface area contributed by atoms with Crippen molar-refractivity contribution in [1.29, 1.82) is 0 Å². The van der Waals surface area contributed by atoms with Crippen molar-refractivity contribution in [3.8, 4) is 0 Å². The lowest BCUT2D eigenvalue weighted by atomic mass is 9.96. The quantitative estimate of drug-likeness (QED) is 0.903. The van der Waals surface area contributed by atoms with E-state index in [4.69, 9.17) is 0 Å². The van der Waals surface area contributed by atoms with Crippen LogP contribution in [0.2, 0.25) is 0 Å². The highest BCUT2D eigenvalue weighted by Crippen LogP contribution is 2.21. The van der Waals surface area contributed by atoms with Gasteiger partial charge >= 0.3 is 0 Å². The summed E-state index contributed by atoms with van der Waals surface area (Å²) in [5, 5.41) is 3.60. The fourth-order valence-electron chi connectivity index (χ4n) is 2.79. The van der Waals surface area contributed by atoms with E-state index in [-0.39, 0.29) is 0 Å². The van der Waals surface area contributed by atoms with Gasteiger partial charge in [0.25, 0.3) is 0 Å². The minimum Gasteiger partial charge on any atom is -0.353 e. The van der Waals surface area contributed by atoms with Crippen LogP contribution in [-0.4, -0.2) is 15.6 Å². The third kappa shape index (κ3) is 3.16. The third-order valence-electron chi connectivity index (χ3n) is 3.85. The summed E-state index contributed by atoms with van der Waals surface area (Å²) >= 11 is 0. The molecule has 1 saturated carbocycles. The Balaban J connectivity index is 1.68. The van der Waals surface area contributed by atoms with Gasteiger partial charge in [0, 0.05) is 18.4 Å². The fraction of sp³-hybridized carbons (Fsp3) is 0.438. The van der Waals surface area contributed by atoms with Gasteiger partial charge in [-0.15, -0.1) is 0 Å². The number of benzene rings is 1. The van der Waals surface area contributed by atoms with E-state index in [9.17, 15) is 0 Å². The molecular weight excluding hydrogens is 234 g/mol. The summed E-state index contributed by atoms with van der Waals surface area (Å²) in [7, 11) is 0. The van der Waals surface area contributed by atoms with Crippen molar-refractivity contribution in [2.24, 2.45) is 0 Å². The molecule has 19 heavy (non-hydrogen) atoms. The summed E-state index contributed by atoms with van der Waals surface area (Å²) in [6, 6.07) is 11.1. The van der Waals surface area contributed by atoms with E-state index in [2.05, 4.69) is 51.4 Å². The maximum absolute atomic E-state index is 4.46. The van der Waals surface area contributed by atoms with Crippen LogP contribution in [0.3, 0.4) is 0 Å². The van der Waals surface area contributed by atoms with Crippen molar-refractivity contribution in [3.05, 3.63) is 48.3 Å². The van der Waals surface area contributed by atoms with Crippen LogP contribution in [-0.2, 0) is 6.54 Å².